The van der Waals surface area contributed by atoms with Crippen LogP contribution in [-0.2, 0) is 4.79 Å². The Morgan fingerprint density at radius 1 is 1.40 bits per heavy atom. The minimum Gasteiger partial charge on any atom is -0.481 e. The van der Waals surface area contributed by atoms with Gasteiger partial charge in [0.2, 0.25) is 0 Å². The third kappa shape index (κ3) is 4.85. The van der Waals surface area contributed by atoms with Crippen molar-refractivity contribution >= 4 is 5.91 Å². The quantitative estimate of drug-likeness (QED) is 0.842. The summed E-state index contributed by atoms with van der Waals surface area (Å²) in [5.74, 6) is 0.444. The molecule has 0 heterocycles. The van der Waals surface area contributed by atoms with Gasteiger partial charge in [-0.25, -0.2) is 0 Å². The van der Waals surface area contributed by atoms with Crippen molar-refractivity contribution < 1.29 is 14.6 Å². The van der Waals surface area contributed by atoms with Gasteiger partial charge in [0.1, 0.15) is 5.75 Å². The standard InChI is InChI=1S/C16H25NO3/c1-6-16(4,5)17-15(19)12(3)20-14-9-7-8-13(10-14)11(2)18/h7-12,18H,6H2,1-5H3,(H,17,19)/t11-,12?/m1/s1. The highest BCUT2D eigenvalue weighted by Gasteiger charge is 2.22. The summed E-state index contributed by atoms with van der Waals surface area (Å²) in [6, 6.07) is 7.15. The van der Waals surface area contributed by atoms with Crippen molar-refractivity contribution in [2.24, 2.45) is 0 Å². The van der Waals surface area contributed by atoms with Gasteiger partial charge in [0.15, 0.2) is 6.10 Å². The highest BCUT2D eigenvalue weighted by molar-refractivity contribution is 5.81. The zero-order chi connectivity index (χ0) is 15.3. The SMILES string of the molecule is CCC(C)(C)NC(=O)C(C)Oc1cccc([C@@H](C)O)c1. The van der Waals surface area contributed by atoms with Crippen LogP contribution in [0.25, 0.3) is 0 Å². The molecule has 0 saturated carbocycles. The van der Waals surface area contributed by atoms with E-state index in [2.05, 4.69) is 5.32 Å². The topological polar surface area (TPSA) is 58.6 Å². The largest absolute Gasteiger partial charge is 0.481 e. The van der Waals surface area contributed by atoms with E-state index in [9.17, 15) is 9.90 Å². The summed E-state index contributed by atoms with van der Waals surface area (Å²) in [5, 5.41) is 12.5. The molecule has 1 amide bonds. The van der Waals surface area contributed by atoms with Crippen LogP contribution in [0.2, 0.25) is 0 Å². The molecule has 1 unspecified atom stereocenters. The highest BCUT2D eigenvalue weighted by Crippen LogP contribution is 2.20. The summed E-state index contributed by atoms with van der Waals surface area (Å²) in [7, 11) is 0. The van der Waals surface area contributed by atoms with Gasteiger partial charge in [0.05, 0.1) is 6.10 Å². The van der Waals surface area contributed by atoms with E-state index in [1.165, 1.54) is 0 Å². The number of carbonyl (C=O) groups excluding carboxylic acids is 1. The molecule has 0 aromatic heterocycles. The second-order valence-electron chi connectivity index (χ2n) is 5.74. The summed E-state index contributed by atoms with van der Waals surface area (Å²) >= 11 is 0. The zero-order valence-corrected chi connectivity index (χ0v) is 12.9. The molecule has 4 heteroatoms. The molecule has 1 aromatic carbocycles. The maximum absolute atomic E-state index is 12.1. The zero-order valence-electron chi connectivity index (χ0n) is 12.9. The van der Waals surface area contributed by atoms with Crippen LogP contribution < -0.4 is 10.1 Å². The van der Waals surface area contributed by atoms with E-state index in [1.54, 1.807) is 32.0 Å². The molecule has 1 rings (SSSR count). The predicted octanol–water partition coefficient (Wildman–Crippen LogP) is 2.81. The van der Waals surface area contributed by atoms with Crippen molar-refractivity contribution in [3.63, 3.8) is 0 Å². The molecule has 20 heavy (non-hydrogen) atoms. The van der Waals surface area contributed by atoms with E-state index < -0.39 is 12.2 Å². The molecule has 112 valence electrons. The Morgan fingerprint density at radius 3 is 2.60 bits per heavy atom. The number of benzene rings is 1. The van der Waals surface area contributed by atoms with Crippen molar-refractivity contribution in [2.45, 2.75) is 58.8 Å². The van der Waals surface area contributed by atoms with Gasteiger partial charge in [0, 0.05) is 5.54 Å². The molecule has 0 spiro atoms. The van der Waals surface area contributed by atoms with E-state index in [4.69, 9.17) is 4.74 Å². The van der Waals surface area contributed by atoms with Gasteiger partial charge < -0.3 is 15.2 Å². The first kappa shape index (κ1) is 16.5. The fourth-order valence-electron chi connectivity index (χ4n) is 1.63. The molecule has 0 aliphatic heterocycles. The van der Waals surface area contributed by atoms with Crippen LogP contribution in [0.3, 0.4) is 0 Å². The number of amides is 1. The molecular formula is C16H25NO3. The summed E-state index contributed by atoms with van der Waals surface area (Å²) < 4.78 is 5.63. The van der Waals surface area contributed by atoms with Crippen molar-refractivity contribution in [3.8, 4) is 5.75 Å². The Balaban J connectivity index is 2.68. The van der Waals surface area contributed by atoms with Gasteiger partial charge in [-0.1, -0.05) is 19.1 Å². The van der Waals surface area contributed by atoms with Crippen LogP contribution in [0, 0.1) is 0 Å². The van der Waals surface area contributed by atoms with Gasteiger partial charge in [-0.2, -0.15) is 0 Å². The first-order valence-electron chi connectivity index (χ1n) is 7.02. The van der Waals surface area contributed by atoms with Gasteiger partial charge in [0.25, 0.3) is 5.91 Å². The van der Waals surface area contributed by atoms with Crippen LogP contribution >= 0.6 is 0 Å². The van der Waals surface area contributed by atoms with Gasteiger partial charge >= 0.3 is 0 Å². The van der Waals surface area contributed by atoms with Gasteiger partial charge in [-0.05, 0) is 51.8 Å². The number of hydrogen-bond donors (Lipinski definition) is 2. The first-order valence-corrected chi connectivity index (χ1v) is 7.02. The number of aliphatic hydroxyl groups is 1. The molecular weight excluding hydrogens is 254 g/mol. The van der Waals surface area contributed by atoms with Gasteiger partial charge in [-0.3, -0.25) is 4.79 Å². The minimum absolute atomic E-state index is 0.140. The second kappa shape index (κ2) is 6.75. The highest BCUT2D eigenvalue weighted by atomic mass is 16.5. The molecule has 0 fully saturated rings. The average Bonchev–Trinajstić information content (AvgIpc) is 2.38. The third-order valence-corrected chi connectivity index (χ3v) is 3.37. The monoisotopic (exact) mass is 279 g/mol. The summed E-state index contributed by atoms with van der Waals surface area (Å²) in [4.78, 5) is 12.1. The van der Waals surface area contributed by atoms with Crippen molar-refractivity contribution in [1.82, 2.24) is 5.32 Å². The Morgan fingerprint density at radius 2 is 2.05 bits per heavy atom. The smallest absolute Gasteiger partial charge is 0.261 e. The summed E-state index contributed by atoms with van der Waals surface area (Å²) in [6.45, 7) is 9.39. The lowest BCUT2D eigenvalue weighted by atomic mass is 10.0. The van der Waals surface area contributed by atoms with Crippen molar-refractivity contribution in [3.05, 3.63) is 29.8 Å². The van der Waals surface area contributed by atoms with E-state index in [-0.39, 0.29) is 11.4 Å². The normalized spacial score (nSPS) is 14.5. The average molecular weight is 279 g/mol. The number of nitrogens with one attached hydrogen (secondary N) is 1. The van der Waals surface area contributed by atoms with Crippen LogP contribution in [0.4, 0.5) is 0 Å². The number of carbonyl (C=O) groups is 1. The van der Waals surface area contributed by atoms with E-state index in [1.807, 2.05) is 26.8 Å². The summed E-state index contributed by atoms with van der Waals surface area (Å²) in [5.41, 5.74) is 0.528. The number of rotatable bonds is 6. The van der Waals surface area contributed by atoms with Gasteiger partial charge in [-0.15, -0.1) is 0 Å². The molecule has 0 aliphatic rings. The number of hydrogen-bond acceptors (Lipinski definition) is 3. The molecule has 2 N–H and O–H groups in total. The third-order valence-electron chi connectivity index (χ3n) is 3.37. The van der Waals surface area contributed by atoms with E-state index >= 15 is 0 Å². The fourth-order valence-corrected chi connectivity index (χ4v) is 1.63. The van der Waals surface area contributed by atoms with Crippen molar-refractivity contribution in [1.29, 1.82) is 0 Å². The van der Waals surface area contributed by atoms with Crippen molar-refractivity contribution in [2.75, 3.05) is 0 Å². The first-order chi connectivity index (χ1) is 9.25. The lowest BCUT2D eigenvalue weighted by molar-refractivity contribution is -0.128. The lowest BCUT2D eigenvalue weighted by Gasteiger charge is -2.26. The number of ether oxygens (including phenoxy) is 1. The van der Waals surface area contributed by atoms with Crippen LogP contribution in [-0.4, -0.2) is 22.7 Å². The maximum Gasteiger partial charge on any atom is 0.261 e. The second-order valence-corrected chi connectivity index (χ2v) is 5.74. The minimum atomic E-state index is -0.579. The molecule has 2 atom stereocenters. The van der Waals surface area contributed by atoms with Crippen LogP contribution in [0.15, 0.2) is 24.3 Å². The Hall–Kier alpha value is -1.55. The van der Waals surface area contributed by atoms with Crippen LogP contribution in [0.1, 0.15) is 52.7 Å². The molecule has 0 saturated heterocycles. The van der Waals surface area contributed by atoms with E-state index in [0.717, 1.165) is 12.0 Å². The molecule has 0 aliphatic carbocycles. The molecule has 0 radical (unpaired) electrons. The predicted molar refractivity (Wildman–Crippen MR) is 79.7 cm³/mol. The molecule has 4 nitrogen and oxygen atoms in total. The number of aliphatic hydroxyl groups excluding tert-OH is 1. The summed E-state index contributed by atoms with van der Waals surface area (Å²) in [6.07, 6.45) is -0.282. The Labute approximate surface area is 121 Å². The maximum atomic E-state index is 12.1. The Bertz CT molecular complexity index is 455. The Kier molecular flexibility index (Phi) is 5.57. The molecule has 1 aromatic rings. The molecule has 0 bridgehead atoms. The fraction of sp³-hybridized carbons (Fsp3) is 0.562. The van der Waals surface area contributed by atoms with Crippen LogP contribution in [0.5, 0.6) is 5.75 Å². The van der Waals surface area contributed by atoms with E-state index in [0.29, 0.717) is 5.75 Å². The lowest BCUT2D eigenvalue weighted by Crippen LogP contribution is -2.48.